The molecule has 1 heterocycles. The van der Waals surface area contributed by atoms with Crippen LogP contribution in [0.1, 0.15) is 19.3 Å². The number of benzene rings is 1. The van der Waals surface area contributed by atoms with E-state index < -0.39 is 0 Å². The van der Waals surface area contributed by atoms with Gasteiger partial charge in [0.2, 0.25) is 0 Å². The molecule has 16 heavy (non-hydrogen) atoms. The Hall–Kier alpha value is -0.510. The van der Waals surface area contributed by atoms with E-state index in [0.717, 1.165) is 13.2 Å². The van der Waals surface area contributed by atoms with Crippen LogP contribution in [0.3, 0.4) is 0 Å². The largest absolute Gasteiger partial charge is 0.309 e. The van der Waals surface area contributed by atoms with Crippen LogP contribution in [0.4, 0.5) is 0 Å². The van der Waals surface area contributed by atoms with E-state index in [1.807, 2.05) is 18.2 Å². The van der Waals surface area contributed by atoms with Crippen LogP contribution in [0.2, 0.25) is 0 Å². The molecular formula is C13H19NOS. The highest BCUT2D eigenvalue weighted by atomic mass is 32.2. The van der Waals surface area contributed by atoms with Crippen molar-refractivity contribution in [3.8, 4) is 0 Å². The van der Waals surface area contributed by atoms with Gasteiger partial charge in [0.15, 0.2) is 0 Å². The lowest BCUT2D eigenvalue weighted by molar-refractivity contribution is 0.194. The fourth-order valence-corrected chi connectivity index (χ4v) is 2.50. The van der Waals surface area contributed by atoms with E-state index in [0.29, 0.717) is 0 Å². The summed E-state index contributed by atoms with van der Waals surface area (Å²) in [5.41, 5.74) is 0. The predicted octanol–water partition coefficient (Wildman–Crippen LogP) is 3.20. The number of nitrogens with zero attached hydrogens (tertiary/aromatic N) is 1. The molecule has 2 nitrogen and oxygen atoms in total. The zero-order valence-corrected chi connectivity index (χ0v) is 10.4. The molecule has 0 atom stereocenters. The van der Waals surface area contributed by atoms with Gasteiger partial charge in [-0.2, -0.15) is 0 Å². The van der Waals surface area contributed by atoms with Gasteiger partial charge in [0.1, 0.15) is 0 Å². The highest BCUT2D eigenvalue weighted by Gasteiger charge is 2.09. The van der Waals surface area contributed by atoms with E-state index in [1.54, 1.807) is 0 Å². The first kappa shape index (κ1) is 12.0. The third-order valence-electron chi connectivity index (χ3n) is 2.84. The molecular weight excluding hydrogens is 218 g/mol. The van der Waals surface area contributed by atoms with Crippen molar-refractivity contribution in [1.29, 1.82) is 0 Å². The number of piperidine rings is 1. The van der Waals surface area contributed by atoms with Crippen LogP contribution >= 0.6 is 12.0 Å². The van der Waals surface area contributed by atoms with Crippen molar-refractivity contribution in [2.24, 2.45) is 0 Å². The highest BCUT2D eigenvalue weighted by molar-refractivity contribution is 7.94. The summed E-state index contributed by atoms with van der Waals surface area (Å²) in [4.78, 5) is 3.68. The minimum absolute atomic E-state index is 0.819. The van der Waals surface area contributed by atoms with Gasteiger partial charge in [-0.3, -0.25) is 0 Å². The quantitative estimate of drug-likeness (QED) is 0.576. The zero-order chi connectivity index (χ0) is 11.1. The van der Waals surface area contributed by atoms with Gasteiger partial charge in [0, 0.05) is 23.5 Å². The Morgan fingerprint density at radius 1 is 1.06 bits per heavy atom. The molecule has 2 rings (SSSR count). The van der Waals surface area contributed by atoms with Crippen molar-refractivity contribution in [3.05, 3.63) is 30.3 Å². The normalized spacial score (nSPS) is 17.5. The summed E-state index contributed by atoms with van der Waals surface area (Å²) in [6.45, 7) is 4.39. The molecule has 3 heteroatoms. The number of hydrogen-bond acceptors (Lipinski definition) is 3. The van der Waals surface area contributed by atoms with E-state index >= 15 is 0 Å². The Balaban J connectivity index is 1.58. The maximum Gasteiger partial charge on any atom is 0.0745 e. The monoisotopic (exact) mass is 237 g/mol. The zero-order valence-electron chi connectivity index (χ0n) is 9.60. The highest BCUT2D eigenvalue weighted by Crippen LogP contribution is 2.18. The van der Waals surface area contributed by atoms with Crippen LogP contribution in [-0.2, 0) is 4.18 Å². The Bertz CT molecular complexity index is 285. The minimum atomic E-state index is 0.819. The van der Waals surface area contributed by atoms with Crippen molar-refractivity contribution in [2.75, 3.05) is 26.2 Å². The Morgan fingerprint density at radius 3 is 2.56 bits per heavy atom. The molecule has 1 aromatic rings. The Morgan fingerprint density at radius 2 is 1.81 bits per heavy atom. The number of hydrogen-bond donors (Lipinski definition) is 0. The van der Waals surface area contributed by atoms with Crippen molar-refractivity contribution < 1.29 is 4.18 Å². The average molecular weight is 237 g/mol. The van der Waals surface area contributed by atoms with Crippen LogP contribution in [0.15, 0.2) is 35.2 Å². The topological polar surface area (TPSA) is 12.5 Å². The van der Waals surface area contributed by atoms with E-state index in [2.05, 4.69) is 17.0 Å². The van der Waals surface area contributed by atoms with E-state index in [-0.39, 0.29) is 0 Å². The number of likely N-dealkylation sites (tertiary alicyclic amines) is 1. The second-order valence-electron chi connectivity index (χ2n) is 4.12. The van der Waals surface area contributed by atoms with Gasteiger partial charge >= 0.3 is 0 Å². The second-order valence-corrected chi connectivity index (χ2v) is 4.99. The Kier molecular flexibility index (Phi) is 5.19. The third-order valence-corrected chi connectivity index (χ3v) is 3.59. The van der Waals surface area contributed by atoms with Crippen LogP contribution in [-0.4, -0.2) is 31.1 Å². The number of rotatable bonds is 5. The van der Waals surface area contributed by atoms with Gasteiger partial charge < -0.3 is 9.08 Å². The van der Waals surface area contributed by atoms with Gasteiger partial charge in [0.05, 0.1) is 6.61 Å². The molecule has 88 valence electrons. The summed E-state index contributed by atoms with van der Waals surface area (Å²) in [6.07, 6.45) is 4.10. The smallest absolute Gasteiger partial charge is 0.0745 e. The fraction of sp³-hybridized carbons (Fsp3) is 0.538. The molecule has 0 radical (unpaired) electrons. The molecule has 0 unspecified atom stereocenters. The molecule has 1 aliphatic heterocycles. The second kappa shape index (κ2) is 6.94. The van der Waals surface area contributed by atoms with Crippen molar-refractivity contribution in [1.82, 2.24) is 4.90 Å². The third kappa shape index (κ3) is 4.16. The van der Waals surface area contributed by atoms with Gasteiger partial charge in [-0.05, 0) is 38.1 Å². The van der Waals surface area contributed by atoms with E-state index in [4.69, 9.17) is 4.18 Å². The van der Waals surface area contributed by atoms with Crippen LogP contribution in [0.25, 0.3) is 0 Å². The SMILES string of the molecule is c1ccc(SOCCN2CCCCC2)cc1. The molecule has 0 saturated carbocycles. The maximum absolute atomic E-state index is 5.60. The molecule has 0 bridgehead atoms. The lowest BCUT2D eigenvalue weighted by Crippen LogP contribution is -2.32. The first-order valence-corrected chi connectivity index (χ1v) is 6.76. The molecule has 0 spiro atoms. The summed E-state index contributed by atoms with van der Waals surface area (Å²) in [5.74, 6) is 0. The molecule has 0 amide bonds. The van der Waals surface area contributed by atoms with Crippen molar-refractivity contribution >= 4 is 12.0 Å². The molecule has 0 aromatic heterocycles. The summed E-state index contributed by atoms with van der Waals surface area (Å²) >= 11 is 1.48. The lowest BCUT2D eigenvalue weighted by atomic mass is 10.1. The van der Waals surface area contributed by atoms with Crippen molar-refractivity contribution in [2.45, 2.75) is 24.2 Å². The van der Waals surface area contributed by atoms with Crippen LogP contribution < -0.4 is 0 Å². The molecule has 1 aliphatic rings. The van der Waals surface area contributed by atoms with E-state index in [1.165, 1.54) is 49.3 Å². The average Bonchev–Trinajstić information content (AvgIpc) is 2.37. The lowest BCUT2D eigenvalue weighted by Gasteiger charge is -2.25. The van der Waals surface area contributed by atoms with Crippen molar-refractivity contribution in [3.63, 3.8) is 0 Å². The standard InChI is InChI=1S/C13H19NOS/c1-3-7-13(8-4-1)16-15-12-11-14-9-5-2-6-10-14/h1,3-4,7-8H,2,5-6,9-12H2. The van der Waals surface area contributed by atoms with Gasteiger partial charge in [-0.25, -0.2) is 0 Å². The molecule has 1 saturated heterocycles. The van der Waals surface area contributed by atoms with Crippen LogP contribution in [0, 0.1) is 0 Å². The molecule has 1 aromatic carbocycles. The first-order valence-electron chi connectivity index (χ1n) is 6.02. The fourth-order valence-electron chi connectivity index (χ4n) is 1.94. The van der Waals surface area contributed by atoms with Crippen LogP contribution in [0.5, 0.6) is 0 Å². The molecule has 0 aliphatic carbocycles. The maximum atomic E-state index is 5.60. The van der Waals surface area contributed by atoms with E-state index in [9.17, 15) is 0 Å². The summed E-state index contributed by atoms with van der Waals surface area (Å²) in [6, 6.07) is 10.3. The first-order chi connectivity index (χ1) is 7.95. The summed E-state index contributed by atoms with van der Waals surface area (Å²) in [7, 11) is 0. The summed E-state index contributed by atoms with van der Waals surface area (Å²) in [5, 5.41) is 0. The van der Waals surface area contributed by atoms with Gasteiger partial charge in [-0.1, -0.05) is 24.6 Å². The minimum Gasteiger partial charge on any atom is -0.309 e. The molecule has 1 fully saturated rings. The van der Waals surface area contributed by atoms with Gasteiger partial charge in [-0.15, -0.1) is 0 Å². The summed E-state index contributed by atoms with van der Waals surface area (Å²) < 4.78 is 5.60. The predicted molar refractivity (Wildman–Crippen MR) is 68.5 cm³/mol. The molecule has 0 N–H and O–H groups in total. The van der Waals surface area contributed by atoms with Gasteiger partial charge in [0.25, 0.3) is 0 Å². The Labute approximate surface area is 102 Å².